The van der Waals surface area contributed by atoms with Crippen molar-refractivity contribution in [2.75, 3.05) is 4.72 Å². The van der Waals surface area contributed by atoms with E-state index in [-0.39, 0.29) is 11.4 Å². The van der Waals surface area contributed by atoms with Crippen LogP contribution in [0.25, 0.3) is 0 Å². The number of hydrogen-bond acceptors (Lipinski definition) is 3. The quantitative estimate of drug-likeness (QED) is 0.730. The van der Waals surface area contributed by atoms with Crippen molar-refractivity contribution in [1.29, 1.82) is 0 Å². The van der Waals surface area contributed by atoms with Crippen molar-refractivity contribution in [1.82, 2.24) is 0 Å². The molecule has 0 spiro atoms. The van der Waals surface area contributed by atoms with Crippen molar-refractivity contribution >= 4 is 59.2 Å². The standard InChI is InChI=1S/C13H11Br2ClN2O2S/c14-9-5-4-8(7-17)6-12(9)21(19,20)18-11-3-1-2-10(16)13(11)15/h1-6,18H,7,17H2. The lowest BCUT2D eigenvalue weighted by molar-refractivity contribution is 0.600. The molecule has 0 saturated heterocycles. The first kappa shape index (κ1) is 16.8. The van der Waals surface area contributed by atoms with Gasteiger partial charge >= 0.3 is 0 Å². The Morgan fingerprint density at radius 1 is 1.19 bits per heavy atom. The van der Waals surface area contributed by atoms with E-state index in [0.717, 1.165) is 5.56 Å². The van der Waals surface area contributed by atoms with Crippen LogP contribution in [0.3, 0.4) is 0 Å². The van der Waals surface area contributed by atoms with Crippen LogP contribution in [0.15, 0.2) is 50.2 Å². The third-order valence-electron chi connectivity index (χ3n) is 2.72. The van der Waals surface area contributed by atoms with Gasteiger partial charge in [-0.3, -0.25) is 4.72 Å². The number of benzene rings is 2. The van der Waals surface area contributed by atoms with Gasteiger partial charge in [0, 0.05) is 11.0 Å². The maximum atomic E-state index is 12.5. The van der Waals surface area contributed by atoms with Crippen LogP contribution in [0.5, 0.6) is 0 Å². The third kappa shape index (κ3) is 3.78. The van der Waals surface area contributed by atoms with E-state index < -0.39 is 10.0 Å². The Hall–Kier alpha value is -0.600. The van der Waals surface area contributed by atoms with E-state index in [0.29, 0.717) is 19.7 Å². The Balaban J connectivity index is 2.46. The Bertz CT molecular complexity index is 782. The van der Waals surface area contributed by atoms with Gasteiger partial charge in [-0.2, -0.15) is 0 Å². The van der Waals surface area contributed by atoms with Gasteiger partial charge in [-0.25, -0.2) is 8.42 Å². The molecule has 21 heavy (non-hydrogen) atoms. The fourth-order valence-electron chi connectivity index (χ4n) is 1.66. The highest BCUT2D eigenvalue weighted by atomic mass is 79.9. The Kier molecular flexibility index (Phi) is 5.32. The van der Waals surface area contributed by atoms with Gasteiger partial charge in [-0.05, 0) is 61.7 Å². The maximum Gasteiger partial charge on any atom is 0.263 e. The van der Waals surface area contributed by atoms with Crippen LogP contribution in [-0.4, -0.2) is 8.42 Å². The Morgan fingerprint density at radius 3 is 2.57 bits per heavy atom. The van der Waals surface area contributed by atoms with E-state index in [2.05, 4.69) is 36.6 Å². The normalized spacial score (nSPS) is 11.4. The third-order valence-corrected chi connectivity index (χ3v) is 6.47. The SMILES string of the molecule is NCc1ccc(Br)c(S(=O)(=O)Nc2cccc(Cl)c2Br)c1. The summed E-state index contributed by atoms with van der Waals surface area (Å²) in [5, 5.41) is 0.421. The lowest BCUT2D eigenvalue weighted by Gasteiger charge is -2.12. The van der Waals surface area contributed by atoms with Crippen LogP contribution in [0, 0.1) is 0 Å². The minimum absolute atomic E-state index is 0.123. The molecule has 0 unspecified atom stereocenters. The first-order chi connectivity index (χ1) is 9.85. The Morgan fingerprint density at radius 2 is 1.90 bits per heavy atom. The minimum atomic E-state index is -3.76. The highest BCUT2D eigenvalue weighted by molar-refractivity contribution is 9.11. The number of nitrogens with two attached hydrogens (primary N) is 1. The smallest absolute Gasteiger partial charge is 0.263 e. The average Bonchev–Trinajstić information content (AvgIpc) is 2.44. The Labute approximate surface area is 145 Å². The van der Waals surface area contributed by atoms with Crippen LogP contribution < -0.4 is 10.5 Å². The summed E-state index contributed by atoms with van der Waals surface area (Å²) in [4.78, 5) is 0.123. The summed E-state index contributed by atoms with van der Waals surface area (Å²) in [6.45, 7) is 0.261. The zero-order chi connectivity index (χ0) is 15.6. The summed E-state index contributed by atoms with van der Waals surface area (Å²) < 4.78 is 28.5. The monoisotopic (exact) mass is 452 g/mol. The van der Waals surface area contributed by atoms with Gasteiger partial charge in [0.1, 0.15) is 4.90 Å². The second-order valence-electron chi connectivity index (χ2n) is 4.18. The van der Waals surface area contributed by atoms with E-state index in [1.807, 2.05) is 0 Å². The summed E-state index contributed by atoms with van der Waals surface area (Å²) in [7, 11) is -3.76. The van der Waals surface area contributed by atoms with Gasteiger partial charge in [0.15, 0.2) is 0 Å². The molecule has 0 aliphatic rings. The molecular formula is C13H11Br2ClN2O2S. The molecule has 0 aliphatic carbocycles. The topological polar surface area (TPSA) is 72.2 Å². The molecule has 0 amide bonds. The summed E-state index contributed by atoms with van der Waals surface area (Å²) in [6, 6.07) is 9.89. The van der Waals surface area contributed by atoms with Crippen LogP contribution in [0.4, 0.5) is 5.69 Å². The molecule has 3 N–H and O–H groups in total. The molecule has 0 aliphatic heterocycles. The van der Waals surface area contributed by atoms with Crippen molar-refractivity contribution in [3.63, 3.8) is 0 Å². The van der Waals surface area contributed by atoms with Crippen molar-refractivity contribution in [3.05, 3.63) is 55.9 Å². The second kappa shape index (κ2) is 6.66. The highest BCUT2D eigenvalue weighted by Crippen LogP contribution is 2.32. The maximum absolute atomic E-state index is 12.5. The minimum Gasteiger partial charge on any atom is -0.326 e. The fourth-order valence-corrected chi connectivity index (χ4v) is 4.42. The van der Waals surface area contributed by atoms with Gasteiger partial charge in [-0.1, -0.05) is 23.7 Å². The first-order valence-corrected chi connectivity index (χ1v) is 9.25. The first-order valence-electron chi connectivity index (χ1n) is 5.80. The number of rotatable bonds is 4. The fraction of sp³-hybridized carbons (Fsp3) is 0.0769. The molecule has 4 nitrogen and oxygen atoms in total. The number of hydrogen-bond donors (Lipinski definition) is 2. The van der Waals surface area contributed by atoms with Crippen molar-refractivity contribution in [2.24, 2.45) is 5.73 Å². The molecule has 2 aromatic carbocycles. The highest BCUT2D eigenvalue weighted by Gasteiger charge is 2.19. The molecule has 0 saturated carbocycles. The van der Waals surface area contributed by atoms with E-state index in [1.165, 1.54) is 6.07 Å². The molecular weight excluding hydrogens is 443 g/mol. The molecule has 112 valence electrons. The van der Waals surface area contributed by atoms with Crippen LogP contribution in [-0.2, 0) is 16.6 Å². The number of sulfonamides is 1. The second-order valence-corrected chi connectivity index (χ2v) is 7.88. The number of halogens is 3. The van der Waals surface area contributed by atoms with Gasteiger partial charge in [-0.15, -0.1) is 0 Å². The average molecular weight is 455 g/mol. The van der Waals surface area contributed by atoms with Crippen LogP contribution in [0.2, 0.25) is 5.02 Å². The molecule has 0 heterocycles. The van der Waals surface area contributed by atoms with Gasteiger partial charge in [0.05, 0.1) is 15.2 Å². The van der Waals surface area contributed by atoms with E-state index >= 15 is 0 Å². The van der Waals surface area contributed by atoms with Crippen molar-refractivity contribution < 1.29 is 8.42 Å². The summed E-state index contributed by atoms with van der Waals surface area (Å²) in [5.74, 6) is 0. The van der Waals surface area contributed by atoms with Crippen molar-refractivity contribution in [2.45, 2.75) is 11.4 Å². The lowest BCUT2D eigenvalue weighted by Crippen LogP contribution is -2.14. The predicted octanol–water partition coefficient (Wildman–Crippen LogP) is 4.12. The molecule has 2 rings (SSSR count). The summed E-state index contributed by atoms with van der Waals surface area (Å²) in [6.07, 6.45) is 0. The van der Waals surface area contributed by atoms with Crippen LogP contribution in [0.1, 0.15) is 5.56 Å². The van der Waals surface area contributed by atoms with E-state index in [1.54, 1.807) is 30.3 Å². The predicted molar refractivity (Wildman–Crippen MR) is 92.0 cm³/mol. The summed E-state index contributed by atoms with van der Waals surface area (Å²) >= 11 is 12.5. The molecule has 0 atom stereocenters. The van der Waals surface area contributed by atoms with E-state index in [9.17, 15) is 8.42 Å². The molecule has 0 bridgehead atoms. The van der Waals surface area contributed by atoms with Gasteiger partial charge in [0.2, 0.25) is 0 Å². The molecule has 0 fully saturated rings. The van der Waals surface area contributed by atoms with E-state index in [4.69, 9.17) is 17.3 Å². The number of nitrogens with one attached hydrogen (secondary N) is 1. The molecule has 0 aromatic heterocycles. The van der Waals surface area contributed by atoms with Gasteiger partial charge in [0.25, 0.3) is 10.0 Å². The zero-order valence-corrected chi connectivity index (χ0v) is 15.4. The molecule has 0 radical (unpaired) electrons. The summed E-state index contributed by atoms with van der Waals surface area (Å²) in [5.41, 5.74) is 6.65. The lowest BCUT2D eigenvalue weighted by atomic mass is 10.2. The molecule has 2 aromatic rings. The number of anilines is 1. The van der Waals surface area contributed by atoms with Crippen molar-refractivity contribution in [3.8, 4) is 0 Å². The van der Waals surface area contributed by atoms with Crippen LogP contribution >= 0.6 is 43.5 Å². The molecule has 8 heteroatoms. The largest absolute Gasteiger partial charge is 0.326 e. The van der Waals surface area contributed by atoms with Gasteiger partial charge < -0.3 is 5.73 Å². The zero-order valence-electron chi connectivity index (χ0n) is 10.6.